The van der Waals surface area contributed by atoms with E-state index >= 15 is 0 Å². The van der Waals surface area contributed by atoms with Crippen LogP contribution in [0.1, 0.15) is 24.5 Å². The summed E-state index contributed by atoms with van der Waals surface area (Å²) in [6.07, 6.45) is 0.966. The molecule has 2 aromatic rings. The van der Waals surface area contributed by atoms with Gasteiger partial charge in [0.25, 0.3) is 5.91 Å². The highest BCUT2D eigenvalue weighted by Crippen LogP contribution is 2.18. The molecule has 0 saturated carbocycles. The van der Waals surface area contributed by atoms with E-state index < -0.39 is 0 Å². The zero-order valence-electron chi connectivity index (χ0n) is 17.1. The lowest BCUT2D eigenvalue weighted by Crippen LogP contribution is -2.36. The molecule has 29 heavy (non-hydrogen) atoms. The van der Waals surface area contributed by atoms with Crippen molar-refractivity contribution in [1.29, 1.82) is 0 Å². The molecule has 1 aliphatic rings. The standard InChI is InChI=1S/C23H30N2O4/c1-2-13-28-21-7-9-22(10-8-21)29-18-23(26)24-16-19-5-3-4-6-20(19)17-25-11-14-27-15-12-25/h3-10H,2,11-18H2,1H3,(H,24,26). The van der Waals surface area contributed by atoms with Crippen molar-refractivity contribution in [3.8, 4) is 11.5 Å². The minimum atomic E-state index is -0.141. The summed E-state index contributed by atoms with van der Waals surface area (Å²) in [6, 6.07) is 15.6. The maximum Gasteiger partial charge on any atom is 0.258 e. The monoisotopic (exact) mass is 398 g/mol. The van der Waals surface area contributed by atoms with Gasteiger partial charge in [-0.1, -0.05) is 31.2 Å². The molecule has 6 nitrogen and oxygen atoms in total. The van der Waals surface area contributed by atoms with Gasteiger partial charge < -0.3 is 19.5 Å². The third kappa shape index (κ3) is 7.07. The van der Waals surface area contributed by atoms with Gasteiger partial charge in [-0.2, -0.15) is 0 Å². The highest BCUT2D eigenvalue weighted by Gasteiger charge is 2.13. The Morgan fingerprint density at radius 3 is 2.34 bits per heavy atom. The van der Waals surface area contributed by atoms with Crippen molar-refractivity contribution in [2.45, 2.75) is 26.4 Å². The molecule has 0 spiro atoms. The van der Waals surface area contributed by atoms with E-state index in [1.807, 2.05) is 36.4 Å². The second-order valence-corrected chi connectivity index (χ2v) is 7.04. The smallest absolute Gasteiger partial charge is 0.258 e. The van der Waals surface area contributed by atoms with Gasteiger partial charge in [-0.15, -0.1) is 0 Å². The number of ether oxygens (including phenoxy) is 3. The number of hydrogen-bond acceptors (Lipinski definition) is 5. The Kier molecular flexibility index (Phi) is 8.34. The van der Waals surface area contributed by atoms with Crippen molar-refractivity contribution in [3.63, 3.8) is 0 Å². The van der Waals surface area contributed by atoms with Gasteiger partial charge in [0.2, 0.25) is 0 Å². The van der Waals surface area contributed by atoms with Crippen LogP contribution in [-0.4, -0.2) is 50.3 Å². The van der Waals surface area contributed by atoms with Crippen molar-refractivity contribution in [1.82, 2.24) is 10.2 Å². The van der Waals surface area contributed by atoms with Gasteiger partial charge in [-0.25, -0.2) is 0 Å². The number of rotatable bonds is 10. The summed E-state index contributed by atoms with van der Waals surface area (Å²) in [5, 5.41) is 2.95. The second-order valence-electron chi connectivity index (χ2n) is 7.04. The maximum absolute atomic E-state index is 12.2. The molecule has 2 aromatic carbocycles. The minimum absolute atomic E-state index is 0.0131. The number of benzene rings is 2. The first-order valence-corrected chi connectivity index (χ1v) is 10.2. The third-order valence-corrected chi connectivity index (χ3v) is 4.76. The second kappa shape index (κ2) is 11.4. The predicted octanol–water partition coefficient (Wildman–Crippen LogP) is 3.00. The van der Waals surface area contributed by atoms with Crippen LogP contribution in [0.3, 0.4) is 0 Å². The van der Waals surface area contributed by atoms with E-state index in [4.69, 9.17) is 14.2 Å². The molecule has 0 aromatic heterocycles. The first-order chi connectivity index (χ1) is 14.2. The molecule has 156 valence electrons. The van der Waals surface area contributed by atoms with Crippen LogP contribution >= 0.6 is 0 Å². The molecule has 6 heteroatoms. The zero-order chi connectivity index (χ0) is 20.3. The van der Waals surface area contributed by atoms with E-state index in [0.29, 0.717) is 18.9 Å². The number of morpholine rings is 1. The topological polar surface area (TPSA) is 60.0 Å². The van der Waals surface area contributed by atoms with Gasteiger partial charge in [0.1, 0.15) is 11.5 Å². The Bertz CT molecular complexity index is 758. The number of nitrogens with zero attached hydrogens (tertiary/aromatic N) is 1. The van der Waals surface area contributed by atoms with Gasteiger partial charge >= 0.3 is 0 Å². The molecule has 0 unspecified atom stereocenters. The van der Waals surface area contributed by atoms with Crippen LogP contribution in [0.25, 0.3) is 0 Å². The van der Waals surface area contributed by atoms with Crippen molar-refractivity contribution in [2.75, 3.05) is 39.5 Å². The van der Waals surface area contributed by atoms with E-state index in [-0.39, 0.29) is 12.5 Å². The molecule has 1 amide bonds. The fourth-order valence-electron chi connectivity index (χ4n) is 3.13. The summed E-state index contributed by atoms with van der Waals surface area (Å²) in [4.78, 5) is 14.6. The Labute approximate surface area is 172 Å². The van der Waals surface area contributed by atoms with E-state index in [1.54, 1.807) is 0 Å². The molecule has 1 aliphatic heterocycles. The fourth-order valence-corrected chi connectivity index (χ4v) is 3.13. The molecule has 1 saturated heterocycles. The average Bonchev–Trinajstić information content (AvgIpc) is 2.77. The van der Waals surface area contributed by atoms with Crippen molar-refractivity contribution < 1.29 is 19.0 Å². The molecule has 0 bridgehead atoms. The summed E-state index contributed by atoms with van der Waals surface area (Å²) < 4.78 is 16.5. The number of amides is 1. The molecule has 0 radical (unpaired) electrons. The highest BCUT2D eigenvalue weighted by molar-refractivity contribution is 5.77. The zero-order valence-corrected chi connectivity index (χ0v) is 17.1. The third-order valence-electron chi connectivity index (χ3n) is 4.76. The van der Waals surface area contributed by atoms with Gasteiger partial charge in [0.15, 0.2) is 6.61 Å². The number of nitrogens with one attached hydrogen (secondary N) is 1. The maximum atomic E-state index is 12.2. The van der Waals surface area contributed by atoms with Gasteiger partial charge in [-0.3, -0.25) is 9.69 Å². The molecule has 1 N–H and O–H groups in total. The summed E-state index contributed by atoms with van der Waals surface area (Å²) in [7, 11) is 0. The molecule has 1 heterocycles. The van der Waals surface area contributed by atoms with Crippen LogP contribution in [0.15, 0.2) is 48.5 Å². The molecule has 0 atom stereocenters. The van der Waals surface area contributed by atoms with Crippen molar-refractivity contribution in [2.24, 2.45) is 0 Å². The summed E-state index contributed by atoms with van der Waals surface area (Å²) in [5.74, 6) is 1.31. The average molecular weight is 399 g/mol. The first-order valence-electron chi connectivity index (χ1n) is 10.2. The van der Waals surface area contributed by atoms with E-state index in [1.165, 1.54) is 5.56 Å². The molecule has 1 fully saturated rings. The summed E-state index contributed by atoms with van der Waals surface area (Å²) >= 11 is 0. The summed E-state index contributed by atoms with van der Waals surface area (Å²) in [5.41, 5.74) is 2.36. The van der Waals surface area contributed by atoms with Crippen LogP contribution in [0.2, 0.25) is 0 Å². The van der Waals surface area contributed by atoms with E-state index in [0.717, 1.165) is 50.6 Å². The lowest BCUT2D eigenvalue weighted by Gasteiger charge is -2.27. The molecule has 0 aliphatic carbocycles. The quantitative estimate of drug-likeness (QED) is 0.667. The Hall–Kier alpha value is -2.57. The lowest BCUT2D eigenvalue weighted by atomic mass is 10.1. The van der Waals surface area contributed by atoms with Crippen molar-refractivity contribution in [3.05, 3.63) is 59.7 Å². The summed E-state index contributed by atoms with van der Waals surface area (Å²) in [6.45, 7) is 7.55. The fraction of sp³-hybridized carbons (Fsp3) is 0.435. The van der Waals surface area contributed by atoms with Crippen LogP contribution in [0, 0.1) is 0 Å². The van der Waals surface area contributed by atoms with E-state index in [2.05, 4.69) is 29.3 Å². The highest BCUT2D eigenvalue weighted by atomic mass is 16.5. The Balaban J connectivity index is 1.44. The van der Waals surface area contributed by atoms with Crippen LogP contribution in [-0.2, 0) is 22.6 Å². The number of hydrogen-bond donors (Lipinski definition) is 1. The normalized spacial score (nSPS) is 14.4. The van der Waals surface area contributed by atoms with Crippen LogP contribution < -0.4 is 14.8 Å². The Morgan fingerprint density at radius 1 is 1.00 bits per heavy atom. The van der Waals surface area contributed by atoms with Gasteiger partial charge in [0.05, 0.1) is 19.8 Å². The van der Waals surface area contributed by atoms with Crippen molar-refractivity contribution >= 4 is 5.91 Å². The molecular weight excluding hydrogens is 368 g/mol. The first kappa shape index (κ1) is 21.1. The van der Waals surface area contributed by atoms with Gasteiger partial charge in [0, 0.05) is 26.2 Å². The number of carbonyl (C=O) groups is 1. The van der Waals surface area contributed by atoms with Crippen LogP contribution in [0.4, 0.5) is 0 Å². The minimum Gasteiger partial charge on any atom is -0.494 e. The van der Waals surface area contributed by atoms with E-state index in [9.17, 15) is 4.79 Å². The largest absolute Gasteiger partial charge is 0.494 e. The number of carbonyl (C=O) groups excluding carboxylic acids is 1. The lowest BCUT2D eigenvalue weighted by molar-refractivity contribution is -0.123. The van der Waals surface area contributed by atoms with Crippen LogP contribution in [0.5, 0.6) is 11.5 Å². The predicted molar refractivity (Wildman–Crippen MR) is 112 cm³/mol. The van der Waals surface area contributed by atoms with Gasteiger partial charge in [-0.05, 0) is 41.8 Å². The Morgan fingerprint density at radius 2 is 1.66 bits per heavy atom. The molecular formula is C23H30N2O4. The SMILES string of the molecule is CCCOc1ccc(OCC(=O)NCc2ccccc2CN2CCOCC2)cc1. The molecule has 3 rings (SSSR count).